The summed E-state index contributed by atoms with van der Waals surface area (Å²) in [5.74, 6) is 0. The van der Waals surface area contributed by atoms with Gasteiger partial charge >= 0.3 is 0 Å². The van der Waals surface area contributed by atoms with E-state index >= 15 is 0 Å². The van der Waals surface area contributed by atoms with Crippen LogP contribution < -0.4 is 0 Å². The number of azide groups is 1. The normalized spacial score (nSPS) is 14.2. The molecule has 1 aromatic heterocycles. The Morgan fingerprint density at radius 1 is 1.50 bits per heavy atom. The minimum atomic E-state index is -1.01. The monoisotopic (exact) mass is 243 g/mol. The average molecular weight is 243 g/mol. The van der Waals surface area contributed by atoms with Crippen molar-refractivity contribution in [2.45, 2.75) is 25.2 Å². The molecule has 2 atom stereocenters. The van der Waals surface area contributed by atoms with Gasteiger partial charge in [0, 0.05) is 16.3 Å². The molecule has 0 aromatic carbocycles. The summed E-state index contributed by atoms with van der Waals surface area (Å²) in [4.78, 5) is 3.29. The second-order valence-corrected chi connectivity index (χ2v) is 4.26. The summed E-state index contributed by atoms with van der Waals surface area (Å²) in [7, 11) is 0. The van der Waals surface area contributed by atoms with Crippen LogP contribution in [0.1, 0.15) is 23.0 Å². The molecule has 3 N–H and O–H groups in total. The number of thiophene rings is 1. The van der Waals surface area contributed by atoms with Crippen LogP contribution in [-0.4, -0.2) is 28.0 Å². The minimum Gasteiger partial charge on any atom is -0.391 e. The van der Waals surface area contributed by atoms with E-state index in [2.05, 4.69) is 10.0 Å². The predicted octanol–water partition coefficient (Wildman–Crippen LogP) is 1.34. The molecule has 0 bridgehead atoms. The van der Waals surface area contributed by atoms with Gasteiger partial charge in [0.2, 0.25) is 0 Å². The molecule has 0 aliphatic carbocycles. The quantitative estimate of drug-likeness (QED) is 0.398. The van der Waals surface area contributed by atoms with Gasteiger partial charge in [-0.15, -0.1) is 11.3 Å². The summed E-state index contributed by atoms with van der Waals surface area (Å²) < 4.78 is 0. The van der Waals surface area contributed by atoms with Crippen LogP contribution in [0.3, 0.4) is 0 Å². The molecule has 0 radical (unpaired) electrons. The van der Waals surface area contributed by atoms with E-state index in [0.717, 1.165) is 4.88 Å². The average Bonchev–Trinajstić information content (AvgIpc) is 2.76. The second-order valence-electron chi connectivity index (χ2n) is 3.26. The molecule has 0 amide bonds. The van der Waals surface area contributed by atoms with Gasteiger partial charge in [-0.1, -0.05) is 5.11 Å². The molecule has 0 saturated heterocycles. The van der Waals surface area contributed by atoms with Crippen molar-refractivity contribution in [1.29, 1.82) is 0 Å². The fourth-order valence-corrected chi connectivity index (χ4v) is 2.02. The molecule has 6 nitrogen and oxygen atoms in total. The van der Waals surface area contributed by atoms with Gasteiger partial charge in [0.25, 0.3) is 0 Å². The highest BCUT2D eigenvalue weighted by Crippen LogP contribution is 2.24. The lowest BCUT2D eigenvalue weighted by Crippen LogP contribution is -2.18. The molecule has 0 aliphatic rings. The molecule has 16 heavy (non-hydrogen) atoms. The van der Waals surface area contributed by atoms with Crippen molar-refractivity contribution in [2.75, 3.05) is 6.54 Å². The van der Waals surface area contributed by atoms with E-state index in [9.17, 15) is 10.2 Å². The smallest absolute Gasteiger partial charge is 0.106 e. The highest BCUT2D eigenvalue weighted by atomic mass is 32.1. The van der Waals surface area contributed by atoms with Gasteiger partial charge in [0.05, 0.1) is 12.7 Å². The second kappa shape index (κ2) is 6.47. The molecule has 0 saturated carbocycles. The lowest BCUT2D eigenvalue weighted by atomic mass is 10.1. The van der Waals surface area contributed by atoms with Crippen molar-refractivity contribution in [3.05, 3.63) is 32.3 Å². The zero-order chi connectivity index (χ0) is 12.0. The fraction of sp³-hybridized carbons (Fsp3) is 0.556. The van der Waals surface area contributed by atoms with Gasteiger partial charge in [-0.2, -0.15) is 0 Å². The van der Waals surface area contributed by atoms with Crippen LogP contribution in [0.4, 0.5) is 0 Å². The zero-order valence-corrected chi connectivity index (χ0v) is 9.34. The van der Waals surface area contributed by atoms with Gasteiger partial charge in [-0.25, -0.2) is 0 Å². The SMILES string of the molecule is [N-]=[N+]=NCCC(O)C(O)c1csc(CO)c1. The summed E-state index contributed by atoms with van der Waals surface area (Å²) in [5.41, 5.74) is 8.63. The van der Waals surface area contributed by atoms with Crippen molar-refractivity contribution in [1.82, 2.24) is 0 Å². The Labute approximate surface area is 96.4 Å². The Morgan fingerprint density at radius 3 is 2.81 bits per heavy atom. The third-order valence-electron chi connectivity index (χ3n) is 2.12. The maximum absolute atomic E-state index is 9.74. The summed E-state index contributed by atoms with van der Waals surface area (Å²) in [5, 5.41) is 33.2. The number of aliphatic hydroxyl groups is 3. The highest BCUT2D eigenvalue weighted by molar-refractivity contribution is 7.10. The third-order valence-corrected chi connectivity index (χ3v) is 3.06. The number of hydrogen-bond acceptors (Lipinski definition) is 5. The molecule has 1 rings (SSSR count). The van der Waals surface area contributed by atoms with Crippen LogP contribution in [0.15, 0.2) is 16.6 Å². The Kier molecular flexibility index (Phi) is 5.24. The van der Waals surface area contributed by atoms with E-state index in [4.69, 9.17) is 10.6 Å². The minimum absolute atomic E-state index is 0.0772. The summed E-state index contributed by atoms with van der Waals surface area (Å²) >= 11 is 1.32. The van der Waals surface area contributed by atoms with Crippen molar-refractivity contribution in [3.8, 4) is 0 Å². The van der Waals surface area contributed by atoms with Crippen LogP contribution in [0.5, 0.6) is 0 Å². The van der Waals surface area contributed by atoms with Crippen LogP contribution in [0, 0.1) is 0 Å². The Morgan fingerprint density at radius 2 is 2.25 bits per heavy atom. The number of hydrogen-bond donors (Lipinski definition) is 3. The van der Waals surface area contributed by atoms with Gasteiger partial charge in [-0.05, 0) is 29.0 Å². The molecule has 1 heterocycles. The van der Waals surface area contributed by atoms with E-state index in [-0.39, 0.29) is 19.6 Å². The van der Waals surface area contributed by atoms with Crippen LogP contribution in [-0.2, 0) is 6.61 Å². The fourth-order valence-electron chi connectivity index (χ4n) is 1.25. The topological polar surface area (TPSA) is 109 Å². The molecule has 0 fully saturated rings. The van der Waals surface area contributed by atoms with E-state index in [1.165, 1.54) is 11.3 Å². The number of aliphatic hydroxyl groups excluding tert-OH is 3. The maximum atomic E-state index is 9.74. The molecule has 0 spiro atoms. The molecule has 2 unspecified atom stereocenters. The van der Waals surface area contributed by atoms with Crippen molar-refractivity contribution < 1.29 is 15.3 Å². The lowest BCUT2D eigenvalue weighted by Gasteiger charge is -2.15. The molecule has 7 heteroatoms. The first kappa shape index (κ1) is 13.0. The summed E-state index contributed by atoms with van der Waals surface area (Å²) in [6.07, 6.45) is -1.77. The largest absolute Gasteiger partial charge is 0.391 e. The number of rotatable bonds is 6. The lowest BCUT2D eigenvalue weighted by molar-refractivity contribution is 0.0152. The van der Waals surface area contributed by atoms with Crippen molar-refractivity contribution in [3.63, 3.8) is 0 Å². The van der Waals surface area contributed by atoms with Crippen LogP contribution in [0.25, 0.3) is 10.4 Å². The first-order valence-electron chi connectivity index (χ1n) is 4.74. The Balaban J connectivity index is 2.55. The first-order chi connectivity index (χ1) is 7.69. The van der Waals surface area contributed by atoms with Gasteiger partial charge in [0.1, 0.15) is 6.10 Å². The first-order valence-corrected chi connectivity index (χ1v) is 5.62. The summed E-state index contributed by atoms with van der Waals surface area (Å²) in [6, 6.07) is 1.64. The molecular formula is C9H13N3O3S. The maximum Gasteiger partial charge on any atom is 0.106 e. The molecule has 1 aromatic rings. The molecule has 88 valence electrons. The van der Waals surface area contributed by atoms with Crippen molar-refractivity contribution >= 4 is 11.3 Å². The third kappa shape index (κ3) is 3.48. The van der Waals surface area contributed by atoms with E-state index < -0.39 is 12.2 Å². The molecule has 0 aliphatic heterocycles. The highest BCUT2D eigenvalue weighted by Gasteiger charge is 2.18. The van der Waals surface area contributed by atoms with Gasteiger partial charge < -0.3 is 15.3 Å². The van der Waals surface area contributed by atoms with Crippen molar-refractivity contribution in [2.24, 2.45) is 5.11 Å². The predicted molar refractivity (Wildman–Crippen MR) is 59.8 cm³/mol. The van der Waals surface area contributed by atoms with Crippen LogP contribution >= 0.6 is 11.3 Å². The molecular weight excluding hydrogens is 230 g/mol. The van der Waals surface area contributed by atoms with Gasteiger partial charge in [0.15, 0.2) is 0 Å². The van der Waals surface area contributed by atoms with E-state index in [1.54, 1.807) is 11.4 Å². The van der Waals surface area contributed by atoms with E-state index in [1.807, 2.05) is 0 Å². The van der Waals surface area contributed by atoms with Gasteiger partial charge in [-0.3, -0.25) is 0 Å². The summed E-state index contributed by atoms with van der Waals surface area (Å²) in [6.45, 7) is 0.0674. The van der Waals surface area contributed by atoms with Crippen LogP contribution in [0.2, 0.25) is 0 Å². The van der Waals surface area contributed by atoms with E-state index in [0.29, 0.717) is 5.56 Å². The Bertz CT molecular complexity index is 376. The number of nitrogens with zero attached hydrogens (tertiary/aromatic N) is 3. The Hall–Kier alpha value is -1.11. The standard InChI is InChI=1S/C9H13N3O3S/c10-12-11-2-1-8(14)9(15)6-3-7(4-13)16-5-6/h3,5,8-9,13-15H,1-2,4H2. The zero-order valence-electron chi connectivity index (χ0n) is 8.52.